The second-order valence-electron chi connectivity index (χ2n) is 21.5. The molecule has 1 amide bonds. The monoisotopic (exact) mass is 918 g/mol. The van der Waals surface area contributed by atoms with E-state index in [4.69, 9.17) is 0 Å². The second-order valence-corrected chi connectivity index (χ2v) is 21.5. The lowest BCUT2D eigenvalue weighted by atomic mass is 10.0. The summed E-state index contributed by atoms with van der Waals surface area (Å²) in [5, 5.41) is 23.4. The third kappa shape index (κ3) is 54.2. The average molecular weight is 919 g/mol. The lowest BCUT2D eigenvalue weighted by molar-refractivity contribution is -0.123. The first-order chi connectivity index (χ1) is 32.2. The first-order valence-corrected chi connectivity index (χ1v) is 30.7. The van der Waals surface area contributed by atoms with E-state index in [1.54, 1.807) is 0 Å². The Morgan fingerprint density at radius 3 is 0.692 bits per heavy atom. The third-order valence-electron chi connectivity index (χ3n) is 14.9. The van der Waals surface area contributed by atoms with Crippen molar-refractivity contribution >= 4 is 5.91 Å². The summed E-state index contributed by atoms with van der Waals surface area (Å²) < 4.78 is 0. The Bertz CT molecular complexity index is 864. The van der Waals surface area contributed by atoms with Crippen molar-refractivity contribution in [3.8, 4) is 0 Å². The van der Waals surface area contributed by atoms with Crippen LogP contribution in [0.15, 0.2) is 0 Å². The molecule has 0 aromatic heterocycles. The van der Waals surface area contributed by atoms with Gasteiger partial charge in [-0.15, -0.1) is 0 Å². The normalized spacial score (nSPS) is 12.6. The molecule has 2 atom stereocenters. The fraction of sp³-hybridized carbons (Fsp3) is 0.984. The maximum absolute atomic E-state index is 12.5. The zero-order chi connectivity index (χ0) is 47.0. The van der Waals surface area contributed by atoms with Crippen molar-refractivity contribution in [2.75, 3.05) is 6.61 Å². The van der Waals surface area contributed by atoms with E-state index in [1.807, 2.05) is 0 Å². The van der Waals surface area contributed by atoms with E-state index < -0.39 is 12.1 Å². The van der Waals surface area contributed by atoms with Gasteiger partial charge in [-0.25, -0.2) is 0 Å². The predicted octanol–water partition coefficient (Wildman–Crippen LogP) is 20.3. The van der Waals surface area contributed by atoms with Crippen molar-refractivity contribution in [2.24, 2.45) is 0 Å². The van der Waals surface area contributed by atoms with Gasteiger partial charge in [0.2, 0.25) is 5.91 Å². The van der Waals surface area contributed by atoms with E-state index in [9.17, 15) is 15.0 Å². The molecular weight excluding hydrogens is 795 g/mol. The van der Waals surface area contributed by atoms with Gasteiger partial charge in [-0.2, -0.15) is 0 Å². The fourth-order valence-electron chi connectivity index (χ4n) is 10.2. The van der Waals surface area contributed by atoms with Crippen molar-refractivity contribution in [3.05, 3.63) is 0 Å². The first-order valence-electron chi connectivity index (χ1n) is 30.7. The predicted molar refractivity (Wildman–Crippen MR) is 290 cm³/mol. The Kier molecular flexibility index (Phi) is 57.2. The molecular formula is C61H123NO3. The summed E-state index contributed by atoms with van der Waals surface area (Å²) in [5.74, 6) is -0.0210. The van der Waals surface area contributed by atoms with E-state index in [-0.39, 0.29) is 12.5 Å². The Morgan fingerprint density at radius 2 is 0.492 bits per heavy atom. The lowest BCUT2D eigenvalue weighted by Crippen LogP contribution is -2.45. The van der Waals surface area contributed by atoms with Crippen LogP contribution in [-0.2, 0) is 4.79 Å². The standard InChI is InChI=1S/C61H123NO3/c1-3-5-7-9-11-13-15-17-19-21-23-25-26-27-28-29-30-31-32-33-34-35-36-37-39-41-43-45-47-49-51-53-55-57-61(65)62-59(58-63)60(64)56-54-52-50-48-46-44-42-40-38-24-22-20-18-16-14-12-10-8-6-4-2/h59-60,63-64H,3-58H2,1-2H3,(H,62,65). The van der Waals surface area contributed by atoms with Crippen LogP contribution in [0.5, 0.6) is 0 Å². The topological polar surface area (TPSA) is 69.6 Å². The van der Waals surface area contributed by atoms with E-state index >= 15 is 0 Å². The number of aliphatic hydroxyl groups excluding tert-OH is 2. The molecule has 0 aliphatic rings. The number of carbonyl (C=O) groups is 1. The Balaban J connectivity index is 3.36. The SMILES string of the molecule is CCCCCCCCCCCCCCCCCCCCCCCCCCCCCCCCCCCC(=O)NC(CO)C(O)CCCCCCCCCCCCCCCCCCCCCC. The fourth-order valence-corrected chi connectivity index (χ4v) is 10.2. The van der Waals surface area contributed by atoms with Crippen LogP contribution in [0.2, 0.25) is 0 Å². The lowest BCUT2D eigenvalue weighted by Gasteiger charge is -2.22. The number of hydrogen-bond acceptors (Lipinski definition) is 3. The third-order valence-corrected chi connectivity index (χ3v) is 14.9. The Hall–Kier alpha value is -0.610. The molecule has 3 N–H and O–H groups in total. The Morgan fingerprint density at radius 1 is 0.308 bits per heavy atom. The van der Waals surface area contributed by atoms with Crippen molar-refractivity contribution < 1.29 is 15.0 Å². The molecule has 65 heavy (non-hydrogen) atoms. The molecule has 0 aromatic rings. The maximum Gasteiger partial charge on any atom is 0.220 e. The molecule has 0 aliphatic carbocycles. The summed E-state index contributed by atoms with van der Waals surface area (Å²) in [6.45, 7) is 4.41. The minimum Gasteiger partial charge on any atom is -0.394 e. The number of nitrogens with one attached hydrogen (secondary N) is 1. The van der Waals surface area contributed by atoms with Gasteiger partial charge in [-0.1, -0.05) is 348 Å². The number of carbonyl (C=O) groups excluding carboxylic acids is 1. The molecule has 2 unspecified atom stereocenters. The van der Waals surface area contributed by atoms with Crippen LogP contribution in [0, 0.1) is 0 Å². The highest BCUT2D eigenvalue weighted by molar-refractivity contribution is 5.76. The molecule has 0 saturated heterocycles. The minimum atomic E-state index is -0.655. The number of rotatable bonds is 58. The van der Waals surface area contributed by atoms with Gasteiger partial charge < -0.3 is 15.5 Å². The highest BCUT2D eigenvalue weighted by Crippen LogP contribution is 2.19. The van der Waals surface area contributed by atoms with Crippen LogP contribution in [0.4, 0.5) is 0 Å². The molecule has 0 rings (SSSR count). The number of aliphatic hydroxyl groups is 2. The average Bonchev–Trinajstić information content (AvgIpc) is 3.31. The van der Waals surface area contributed by atoms with Crippen LogP contribution in [-0.4, -0.2) is 34.9 Å². The number of hydrogen-bond donors (Lipinski definition) is 3. The van der Waals surface area contributed by atoms with Crippen LogP contribution >= 0.6 is 0 Å². The molecule has 0 aromatic carbocycles. The van der Waals surface area contributed by atoms with Gasteiger partial charge in [0, 0.05) is 6.42 Å². The van der Waals surface area contributed by atoms with Gasteiger partial charge in [-0.3, -0.25) is 4.79 Å². The molecule has 0 fully saturated rings. The van der Waals surface area contributed by atoms with Crippen LogP contribution in [0.25, 0.3) is 0 Å². The van der Waals surface area contributed by atoms with Crippen LogP contribution in [0.3, 0.4) is 0 Å². The summed E-state index contributed by atoms with van der Waals surface area (Å²) in [7, 11) is 0. The summed E-state index contributed by atoms with van der Waals surface area (Å²) >= 11 is 0. The van der Waals surface area contributed by atoms with Gasteiger partial charge in [0.1, 0.15) is 0 Å². The zero-order valence-corrected chi connectivity index (χ0v) is 45.1. The summed E-state index contributed by atoms with van der Waals surface area (Å²) in [6, 6.07) is -0.531. The zero-order valence-electron chi connectivity index (χ0n) is 45.1. The van der Waals surface area contributed by atoms with Crippen LogP contribution < -0.4 is 5.32 Å². The highest BCUT2D eigenvalue weighted by Gasteiger charge is 2.20. The molecule has 0 bridgehead atoms. The van der Waals surface area contributed by atoms with E-state index in [1.165, 1.54) is 315 Å². The molecule has 0 aliphatic heterocycles. The largest absolute Gasteiger partial charge is 0.394 e. The van der Waals surface area contributed by atoms with Gasteiger partial charge in [0.15, 0.2) is 0 Å². The maximum atomic E-state index is 12.5. The molecule has 0 spiro atoms. The first kappa shape index (κ1) is 64.4. The highest BCUT2D eigenvalue weighted by atomic mass is 16.3. The van der Waals surface area contributed by atoms with Gasteiger partial charge in [-0.05, 0) is 12.8 Å². The van der Waals surface area contributed by atoms with Gasteiger partial charge >= 0.3 is 0 Å². The van der Waals surface area contributed by atoms with Crippen molar-refractivity contribution in [1.29, 1.82) is 0 Å². The molecule has 4 heteroatoms. The van der Waals surface area contributed by atoms with E-state index in [2.05, 4.69) is 19.2 Å². The van der Waals surface area contributed by atoms with Crippen molar-refractivity contribution in [1.82, 2.24) is 5.32 Å². The minimum absolute atomic E-state index is 0.0210. The van der Waals surface area contributed by atoms with E-state index in [0.717, 1.165) is 25.7 Å². The smallest absolute Gasteiger partial charge is 0.220 e. The van der Waals surface area contributed by atoms with Crippen molar-refractivity contribution in [2.45, 2.75) is 379 Å². The van der Waals surface area contributed by atoms with Gasteiger partial charge in [0.25, 0.3) is 0 Å². The molecule has 0 heterocycles. The summed E-state index contributed by atoms with van der Waals surface area (Å²) in [4.78, 5) is 12.5. The van der Waals surface area contributed by atoms with Gasteiger partial charge in [0.05, 0.1) is 18.8 Å². The number of unbranched alkanes of at least 4 members (excludes halogenated alkanes) is 51. The second kappa shape index (κ2) is 57.7. The van der Waals surface area contributed by atoms with Crippen LogP contribution in [0.1, 0.15) is 367 Å². The summed E-state index contributed by atoms with van der Waals surface area (Å²) in [6.07, 6.45) is 74.1. The molecule has 4 nitrogen and oxygen atoms in total. The molecule has 0 radical (unpaired) electrons. The number of amides is 1. The van der Waals surface area contributed by atoms with Crippen molar-refractivity contribution in [3.63, 3.8) is 0 Å². The Labute approximate surface area is 410 Å². The molecule has 0 saturated carbocycles. The quantitative estimate of drug-likeness (QED) is 0.0533. The molecule has 390 valence electrons. The van der Waals surface area contributed by atoms with E-state index in [0.29, 0.717) is 12.8 Å². The summed E-state index contributed by atoms with van der Waals surface area (Å²) in [5.41, 5.74) is 0.